The Morgan fingerprint density at radius 1 is 0.347 bits per heavy atom. The number of anilines is 12. The molecule has 0 radical (unpaired) electrons. The van der Waals surface area contributed by atoms with Gasteiger partial charge in [0.05, 0.1) is 0 Å². The van der Waals surface area contributed by atoms with Crippen LogP contribution in [0.1, 0.15) is 0 Å². The zero-order valence-corrected chi connectivity index (χ0v) is 54.0. The molecule has 19 rings (SSSR count). The van der Waals surface area contributed by atoms with Crippen molar-refractivity contribution in [2.45, 2.75) is 9.79 Å². The van der Waals surface area contributed by atoms with Gasteiger partial charge in [0.2, 0.25) is 0 Å². The van der Waals surface area contributed by atoms with Crippen molar-refractivity contribution in [1.82, 2.24) is 9.55 Å². The standard InChI is InChI=1S/C85H56B2N6SSe/c1-9-30-57(31-10-1)85-88-72-49-29-46-67(82(72)93(85)64-44-23-8-24-45-64)79-83-70(86-68-47-25-27-50-73(68)91(62-40-19-6-20-41-62)75-52-65(54-77(94-83)80(75)86)89(58-32-11-2-12-33-58)59-34-13-3-14-35-59)56-71-84(79)95-78-55-66(90(60-36-15-4-16-37-60)61-38-17-5-18-39-61)53-76-81(78)87(71)69-48-26-28-51-74(69)92(76)63-42-21-7-22-43-63/h1-56H. The van der Waals surface area contributed by atoms with Crippen molar-refractivity contribution < 1.29 is 0 Å². The predicted molar refractivity (Wildman–Crippen MR) is 402 cm³/mol. The van der Waals surface area contributed by atoms with E-state index in [2.05, 4.69) is 364 Å². The number of fused-ring (bicyclic) bond motifs is 9. The van der Waals surface area contributed by atoms with Crippen molar-refractivity contribution >= 4 is 161 Å². The fourth-order valence-corrected chi connectivity index (χ4v) is 19.6. The van der Waals surface area contributed by atoms with Crippen LogP contribution in [0.3, 0.4) is 0 Å². The molecule has 0 N–H and O–H groups in total. The van der Waals surface area contributed by atoms with Crippen LogP contribution in [-0.2, 0) is 0 Å². The van der Waals surface area contributed by atoms with Crippen LogP contribution in [-0.4, -0.2) is 37.9 Å². The van der Waals surface area contributed by atoms with E-state index in [1.54, 1.807) is 0 Å². The fourth-order valence-electron chi connectivity index (χ4n) is 15.3. The summed E-state index contributed by atoms with van der Waals surface area (Å²) in [5, 5.41) is 0. The van der Waals surface area contributed by atoms with E-state index in [0.29, 0.717) is 0 Å². The first-order valence-corrected chi connectivity index (χ1v) is 35.0. The van der Waals surface area contributed by atoms with E-state index in [9.17, 15) is 0 Å². The maximum absolute atomic E-state index is 5.70. The molecule has 0 fully saturated rings. The molecule has 0 saturated carbocycles. The van der Waals surface area contributed by atoms with Crippen LogP contribution < -0.4 is 61.3 Å². The van der Waals surface area contributed by atoms with Gasteiger partial charge in [-0.1, -0.05) is 0 Å². The van der Waals surface area contributed by atoms with E-state index in [-0.39, 0.29) is 28.4 Å². The van der Waals surface area contributed by atoms with Crippen molar-refractivity contribution in [2.75, 3.05) is 19.6 Å². The molecule has 0 amide bonds. The van der Waals surface area contributed by atoms with Gasteiger partial charge in [-0.25, -0.2) is 0 Å². The Kier molecular flexibility index (Phi) is 13.3. The van der Waals surface area contributed by atoms with E-state index in [1.165, 1.54) is 85.4 Å². The van der Waals surface area contributed by atoms with Gasteiger partial charge in [-0.15, -0.1) is 0 Å². The molecule has 0 unspecified atom stereocenters. The number of nitrogens with zero attached hydrogens (tertiary/aromatic N) is 6. The minimum atomic E-state index is -0.272. The molecule has 10 heteroatoms. The molecule has 0 aliphatic carbocycles. The molecule has 1 aromatic heterocycles. The van der Waals surface area contributed by atoms with Crippen LogP contribution in [0, 0.1) is 0 Å². The summed E-state index contributed by atoms with van der Waals surface area (Å²) in [6.07, 6.45) is 0. The summed E-state index contributed by atoms with van der Waals surface area (Å²) >= 11 is 1.68. The molecule has 6 nitrogen and oxygen atoms in total. The molecule has 4 aliphatic heterocycles. The average molecular weight is 1290 g/mol. The van der Waals surface area contributed by atoms with Gasteiger partial charge in [0.25, 0.3) is 0 Å². The van der Waals surface area contributed by atoms with Crippen LogP contribution in [0.5, 0.6) is 0 Å². The third-order valence-corrected chi connectivity index (χ3v) is 22.9. The van der Waals surface area contributed by atoms with Gasteiger partial charge in [0.15, 0.2) is 0 Å². The Morgan fingerprint density at radius 2 is 0.789 bits per heavy atom. The summed E-state index contributed by atoms with van der Waals surface area (Å²) in [5.74, 6) is 0.906. The first-order valence-electron chi connectivity index (χ1n) is 32.4. The third kappa shape index (κ3) is 9.01. The van der Waals surface area contributed by atoms with Crippen LogP contribution in [0.15, 0.2) is 350 Å². The van der Waals surface area contributed by atoms with Crippen molar-refractivity contribution in [3.8, 4) is 28.2 Å². The SMILES string of the molecule is c1ccc(-c2nc3cccc(-c4c5c(cc6c4[Se]c4cc(N(c7ccccc7)c7ccccc7)cc7c4B6c4ccccc4N7c4ccccc4)B4c6ccccc6N(c6ccccc6)c6cc(N(c7ccccc7)c7ccccc7)cc(c64)S5)c3n2-c2ccccc2)cc1. The molecule has 4 aliphatic rings. The van der Waals surface area contributed by atoms with Gasteiger partial charge < -0.3 is 0 Å². The van der Waals surface area contributed by atoms with E-state index in [1.807, 2.05) is 11.8 Å². The molecular formula is C85H56B2N6SSe. The number of rotatable bonds is 11. The zero-order valence-electron chi connectivity index (χ0n) is 51.5. The molecule has 14 aromatic carbocycles. The number of benzene rings is 14. The first kappa shape index (κ1) is 55.4. The van der Waals surface area contributed by atoms with Crippen molar-refractivity contribution in [2.24, 2.45) is 0 Å². The molecule has 0 bridgehead atoms. The monoisotopic (exact) mass is 1290 g/mol. The van der Waals surface area contributed by atoms with Gasteiger partial charge in [-0.3, -0.25) is 0 Å². The summed E-state index contributed by atoms with van der Waals surface area (Å²) < 4.78 is 5.19. The number of imidazole rings is 1. The van der Waals surface area contributed by atoms with Crippen LogP contribution in [0.2, 0.25) is 0 Å². The average Bonchev–Trinajstić information content (AvgIpc) is 0.996. The second-order valence-corrected chi connectivity index (χ2v) is 27.8. The number of hydrogen-bond acceptors (Lipinski definition) is 6. The molecule has 0 saturated heterocycles. The topological polar surface area (TPSA) is 30.8 Å². The number of aromatic nitrogens is 2. The zero-order chi connectivity index (χ0) is 62.5. The van der Waals surface area contributed by atoms with Gasteiger partial charge in [-0.05, 0) is 0 Å². The Labute approximate surface area is 564 Å². The predicted octanol–water partition coefficient (Wildman–Crippen LogP) is 16.3. The normalized spacial score (nSPS) is 12.9. The minimum absolute atomic E-state index is 0.127. The molecule has 95 heavy (non-hydrogen) atoms. The van der Waals surface area contributed by atoms with Crippen LogP contribution in [0.4, 0.5) is 68.2 Å². The number of hydrogen-bond donors (Lipinski definition) is 0. The molecule has 444 valence electrons. The van der Waals surface area contributed by atoms with Crippen LogP contribution in [0.25, 0.3) is 39.2 Å². The third-order valence-electron chi connectivity index (χ3n) is 19.2. The Hall–Kier alpha value is -11.3. The summed E-state index contributed by atoms with van der Waals surface area (Å²) in [4.78, 5) is 18.2. The van der Waals surface area contributed by atoms with Crippen LogP contribution >= 0.6 is 11.8 Å². The summed E-state index contributed by atoms with van der Waals surface area (Å²) in [6, 6.07) is 125. The molecule has 0 atom stereocenters. The Morgan fingerprint density at radius 3 is 1.32 bits per heavy atom. The second-order valence-electron chi connectivity index (χ2n) is 24.5. The van der Waals surface area contributed by atoms with E-state index >= 15 is 0 Å². The van der Waals surface area contributed by atoms with E-state index in [4.69, 9.17) is 4.98 Å². The van der Waals surface area contributed by atoms with Gasteiger partial charge in [-0.2, -0.15) is 0 Å². The van der Waals surface area contributed by atoms with Crippen molar-refractivity contribution in [3.63, 3.8) is 0 Å². The first-order chi connectivity index (χ1) is 47.2. The quantitative estimate of drug-likeness (QED) is 0.120. The van der Waals surface area contributed by atoms with Crippen molar-refractivity contribution in [1.29, 1.82) is 0 Å². The van der Waals surface area contributed by atoms with E-state index < -0.39 is 0 Å². The summed E-state index contributed by atoms with van der Waals surface area (Å²) in [5.41, 5.74) is 28.1. The van der Waals surface area contributed by atoms with Crippen molar-refractivity contribution in [3.05, 3.63) is 340 Å². The van der Waals surface area contributed by atoms with E-state index in [0.717, 1.165) is 73.6 Å². The fraction of sp³-hybridized carbons (Fsp3) is 0. The second kappa shape index (κ2) is 22.8. The summed E-state index contributed by atoms with van der Waals surface area (Å²) in [6.45, 7) is -0.274. The molecule has 5 heterocycles. The Bertz CT molecular complexity index is 5120. The molecule has 15 aromatic rings. The Balaban J connectivity index is 0.952. The van der Waals surface area contributed by atoms with Gasteiger partial charge in [0.1, 0.15) is 0 Å². The maximum atomic E-state index is 5.70. The number of para-hydroxylation sites is 10. The summed E-state index contributed by atoms with van der Waals surface area (Å²) in [7, 11) is 0. The van der Waals surface area contributed by atoms with Gasteiger partial charge in [0, 0.05) is 0 Å². The molecular weight excluding hydrogens is 1240 g/mol. The van der Waals surface area contributed by atoms with Gasteiger partial charge >= 0.3 is 568 Å². The molecule has 0 spiro atoms.